The smallest absolute Gasteiger partial charge is 0.227 e. The topological polar surface area (TPSA) is 20.3 Å². The van der Waals surface area contributed by atoms with Crippen molar-refractivity contribution in [1.82, 2.24) is 0 Å². The van der Waals surface area contributed by atoms with Crippen molar-refractivity contribution in [1.29, 1.82) is 0 Å². The standard InChI is InChI=1S/C11H10BrClFNOS/c12-7-2-8(13)10(3-9(7)14)15-4-6(5-17)1-11(15)16/h2-3,6,17H,1,4-5H2. The molecule has 1 unspecified atom stereocenters. The summed E-state index contributed by atoms with van der Waals surface area (Å²) in [5.74, 6) is 0.381. The molecule has 0 aromatic heterocycles. The lowest BCUT2D eigenvalue weighted by Crippen LogP contribution is -2.25. The summed E-state index contributed by atoms with van der Waals surface area (Å²) < 4.78 is 13.8. The molecule has 0 spiro atoms. The van der Waals surface area contributed by atoms with Gasteiger partial charge in [0.15, 0.2) is 0 Å². The zero-order valence-electron chi connectivity index (χ0n) is 8.79. The Morgan fingerprint density at radius 2 is 2.29 bits per heavy atom. The van der Waals surface area contributed by atoms with Gasteiger partial charge < -0.3 is 4.90 Å². The Morgan fingerprint density at radius 1 is 1.59 bits per heavy atom. The van der Waals surface area contributed by atoms with E-state index in [1.165, 1.54) is 17.0 Å². The third kappa shape index (κ3) is 2.61. The van der Waals surface area contributed by atoms with Gasteiger partial charge in [0.05, 0.1) is 15.2 Å². The molecule has 1 amide bonds. The van der Waals surface area contributed by atoms with E-state index in [1.807, 2.05) is 0 Å². The summed E-state index contributed by atoms with van der Waals surface area (Å²) in [7, 11) is 0. The van der Waals surface area contributed by atoms with Crippen LogP contribution in [0.2, 0.25) is 5.02 Å². The summed E-state index contributed by atoms with van der Waals surface area (Å²) >= 11 is 13.3. The predicted molar refractivity (Wildman–Crippen MR) is 73.4 cm³/mol. The molecule has 1 aliphatic heterocycles. The summed E-state index contributed by atoms with van der Waals surface area (Å²) in [5, 5.41) is 0.367. The monoisotopic (exact) mass is 337 g/mol. The van der Waals surface area contributed by atoms with E-state index in [-0.39, 0.29) is 11.8 Å². The van der Waals surface area contributed by atoms with Gasteiger partial charge >= 0.3 is 0 Å². The first-order valence-corrected chi connectivity index (χ1v) is 6.89. The van der Waals surface area contributed by atoms with Crippen LogP contribution in [0.25, 0.3) is 0 Å². The van der Waals surface area contributed by atoms with Crippen LogP contribution in [-0.4, -0.2) is 18.2 Å². The Morgan fingerprint density at radius 3 is 2.88 bits per heavy atom. The Hall–Kier alpha value is -0.260. The molecular weight excluding hydrogens is 329 g/mol. The van der Waals surface area contributed by atoms with E-state index in [2.05, 4.69) is 28.6 Å². The number of thiol groups is 1. The van der Waals surface area contributed by atoms with E-state index in [1.54, 1.807) is 0 Å². The maximum atomic E-state index is 13.5. The quantitative estimate of drug-likeness (QED) is 0.646. The Kier molecular flexibility index (Phi) is 4.00. The minimum absolute atomic E-state index is 0.0346. The maximum Gasteiger partial charge on any atom is 0.227 e. The number of rotatable bonds is 2. The van der Waals surface area contributed by atoms with Gasteiger partial charge in [0.25, 0.3) is 0 Å². The van der Waals surface area contributed by atoms with Gasteiger partial charge in [-0.2, -0.15) is 12.6 Å². The van der Waals surface area contributed by atoms with Crippen LogP contribution in [0.5, 0.6) is 0 Å². The van der Waals surface area contributed by atoms with Gasteiger partial charge in [-0.3, -0.25) is 4.79 Å². The first-order valence-electron chi connectivity index (χ1n) is 5.08. The minimum Gasteiger partial charge on any atom is -0.311 e. The highest BCUT2D eigenvalue weighted by Crippen LogP contribution is 2.34. The highest BCUT2D eigenvalue weighted by Gasteiger charge is 2.31. The molecule has 0 aliphatic carbocycles. The van der Waals surface area contributed by atoms with Crippen molar-refractivity contribution in [2.45, 2.75) is 6.42 Å². The molecule has 1 aliphatic rings. The molecule has 1 aromatic rings. The molecule has 2 nitrogen and oxygen atoms in total. The number of hydrogen-bond donors (Lipinski definition) is 1. The van der Waals surface area contributed by atoms with E-state index >= 15 is 0 Å². The van der Waals surface area contributed by atoms with Gasteiger partial charge in [0.1, 0.15) is 5.82 Å². The van der Waals surface area contributed by atoms with Crippen LogP contribution in [-0.2, 0) is 4.79 Å². The summed E-state index contributed by atoms with van der Waals surface area (Å²) in [6.45, 7) is 0.545. The molecule has 1 saturated heterocycles. The van der Waals surface area contributed by atoms with Crippen LogP contribution in [0.15, 0.2) is 16.6 Å². The highest BCUT2D eigenvalue weighted by atomic mass is 79.9. The SMILES string of the molecule is O=C1CC(CS)CN1c1cc(F)c(Br)cc1Cl. The number of benzene rings is 1. The van der Waals surface area contributed by atoms with Crippen LogP contribution in [0.4, 0.5) is 10.1 Å². The van der Waals surface area contributed by atoms with Gasteiger partial charge in [0, 0.05) is 19.0 Å². The van der Waals surface area contributed by atoms with E-state index < -0.39 is 5.82 Å². The van der Waals surface area contributed by atoms with Crippen LogP contribution in [0.1, 0.15) is 6.42 Å². The average Bonchev–Trinajstić information content (AvgIpc) is 2.65. The number of amides is 1. The average molecular weight is 339 g/mol. The van der Waals surface area contributed by atoms with Gasteiger partial charge in [-0.25, -0.2) is 4.39 Å². The summed E-state index contributed by atoms with van der Waals surface area (Å²) in [6, 6.07) is 2.75. The summed E-state index contributed by atoms with van der Waals surface area (Å²) in [5.41, 5.74) is 0.432. The zero-order chi connectivity index (χ0) is 12.6. The molecule has 92 valence electrons. The number of halogens is 3. The van der Waals surface area contributed by atoms with Gasteiger partial charge in [-0.1, -0.05) is 11.6 Å². The van der Waals surface area contributed by atoms with Crippen molar-refractivity contribution in [2.24, 2.45) is 5.92 Å². The van der Waals surface area contributed by atoms with Crippen molar-refractivity contribution in [3.05, 3.63) is 27.4 Å². The Balaban J connectivity index is 2.35. The fraction of sp³-hybridized carbons (Fsp3) is 0.364. The molecule has 1 aromatic carbocycles. The predicted octanol–water partition coefficient (Wildman–Crippen LogP) is 3.52. The molecule has 0 radical (unpaired) electrons. The van der Waals surface area contributed by atoms with Crippen molar-refractivity contribution >= 4 is 51.8 Å². The number of nitrogens with zero attached hydrogens (tertiary/aromatic N) is 1. The number of hydrogen-bond acceptors (Lipinski definition) is 2. The second-order valence-electron chi connectivity index (χ2n) is 3.97. The fourth-order valence-corrected chi connectivity index (χ4v) is 2.84. The van der Waals surface area contributed by atoms with E-state index in [4.69, 9.17) is 11.6 Å². The number of anilines is 1. The van der Waals surface area contributed by atoms with Crippen molar-refractivity contribution in [3.8, 4) is 0 Å². The molecule has 2 rings (SSSR count). The normalized spacial score (nSPS) is 20.1. The van der Waals surface area contributed by atoms with Crippen LogP contribution < -0.4 is 4.90 Å². The lowest BCUT2D eigenvalue weighted by atomic mass is 10.1. The molecule has 1 heterocycles. The molecule has 0 N–H and O–H groups in total. The molecule has 1 fully saturated rings. The van der Waals surface area contributed by atoms with Crippen molar-refractivity contribution in [3.63, 3.8) is 0 Å². The molecule has 17 heavy (non-hydrogen) atoms. The Labute approximate surface area is 118 Å². The number of carbonyl (C=O) groups excluding carboxylic acids is 1. The minimum atomic E-state index is -0.425. The summed E-state index contributed by atoms with van der Waals surface area (Å²) in [6.07, 6.45) is 0.442. The Bertz CT molecular complexity index is 471. The highest BCUT2D eigenvalue weighted by molar-refractivity contribution is 9.10. The second kappa shape index (κ2) is 5.16. The third-order valence-electron chi connectivity index (χ3n) is 2.74. The van der Waals surface area contributed by atoms with Crippen LogP contribution in [0.3, 0.4) is 0 Å². The van der Waals surface area contributed by atoms with Crippen LogP contribution >= 0.6 is 40.2 Å². The lowest BCUT2D eigenvalue weighted by molar-refractivity contribution is -0.117. The van der Waals surface area contributed by atoms with Gasteiger partial charge in [-0.15, -0.1) is 0 Å². The number of carbonyl (C=O) groups is 1. The molecular formula is C11H10BrClFNOS. The zero-order valence-corrected chi connectivity index (χ0v) is 12.0. The summed E-state index contributed by atoms with van der Waals surface area (Å²) in [4.78, 5) is 13.3. The first kappa shape index (κ1) is 13.2. The van der Waals surface area contributed by atoms with Crippen molar-refractivity contribution < 1.29 is 9.18 Å². The van der Waals surface area contributed by atoms with Gasteiger partial charge in [-0.05, 0) is 33.7 Å². The van der Waals surface area contributed by atoms with Crippen LogP contribution in [0, 0.1) is 11.7 Å². The van der Waals surface area contributed by atoms with E-state index in [0.717, 1.165) is 0 Å². The maximum absolute atomic E-state index is 13.5. The molecule has 0 saturated carbocycles. The second-order valence-corrected chi connectivity index (χ2v) is 5.60. The lowest BCUT2D eigenvalue weighted by Gasteiger charge is -2.18. The van der Waals surface area contributed by atoms with E-state index in [0.29, 0.717) is 33.9 Å². The molecule has 0 bridgehead atoms. The van der Waals surface area contributed by atoms with Crippen molar-refractivity contribution in [2.75, 3.05) is 17.2 Å². The largest absolute Gasteiger partial charge is 0.311 e. The van der Waals surface area contributed by atoms with E-state index in [9.17, 15) is 9.18 Å². The molecule has 1 atom stereocenters. The van der Waals surface area contributed by atoms with Gasteiger partial charge in [0.2, 0.25) is 5.91 Å². The first-order chi connectivity index (χ1) is 8.02. The fourth-order valence-electron chi connectivity index (χ4n) is 1.86. The molecule has 6 heteroatoms. The third-order valence-corrected chi connectivity index (χ3v) is 4.17.